The highest BCUT2D eigenvalue weighted by molar-refractivity contribution is 5.35. The first kappa shape index (κ1) is 16.0. The molecule has 3 nitrogen and oxygen atoms in total. The molecule has 0 aliphatic rings. The molecule has 108 valence electrons. The summed E-state index contributed by atoms with van der Waals surface area (Å²) in [6, 6.07) is 8.49. The summed E-state index contributed by atoms with van der Waals surface area (Å²) in [6.45, 7) is 11.5. The van der Waals surface area contributed by atoms with E-state index in [0.717, 1.165) is 18.9 Å². The smallest absolute Gasteiger partial charge is 0.124 e. The molecule has 1 unspecified atom stereocenters. The molecule has 19 heavy (non-hydrogen) atoms. The van der Waals surface area contributed by atoms with Gasteiger partial charge in [-0.3, -0.25) is 0 Å². The number of ether oxygens (including phenoxy) is 2. The van der Waals surface area contributed by atoms with Crippen molar-refractivity contribution in [3.8, 4) is 5.75 Å². The van der Waals surface area contributed by atoms with Crippen LogP contribution in [-0.4, -0.2) is 26.4 Å². The fraction of sp³-hybridized carbons (Fsp3) is 0.625. The zero-order valence-corrected chi connectivity index (χ0v) is 12.6. The van der Waals surface area contributed by atoms with Gasteiger partial charge in [-0.2, -0.15) is 0 Å². The van der Waals surface area contributed by atoms with E-state index in [1.54, 1.807) is 0 Å². The molecular formula is C16H27NO2. The largest absolute Gasteiger partial charge is 0.491 e. The fourth-order valence-corrected chi connectivity index (χ4v) is 1.92. The SMILES string of the molecule is CCNC(C)c1ccccc1OCCOCC(C)C. The van der Waals surface area contributed by atoms with Crippen LogP contribution >= 0.6 is 0 Å². The lowest BCUT2D eigenvalue weighted by atomic mass is 10.1. The highest BCUT2D eigenvalue weighted by atomic mass is 16.5. The summed E-state index contributed by atoms with van der Waals surface area (Å²) in [5.41, 5.74) is 1.20. The van der Waals surface area contributed by atoms with Crippen molar-refractivity contribution in [3.05, 3.63) is 29.8 Å². The predicted molar refractivity (Wildman–Crippen MR) is 79.7 cm³/mol. The van der Waals surface area contributed by atoms with E-state index < -0.39 is 0 Å². The summed E-state index contributed by atoms with van der Waals surface area (Å²) in [6.07, 6.45) is 0. The molecule has 0 aromatic heterocycles. The van der Waals surface area contributed by atoms with Gasteiger partial charge in [-0.1, -0.05) is 39.0 Å². The minimum atomic E-state index is 0.304. The monoisotopic (exact) mass is 265 g/mol. The van der Waals surface area contributed by atoms with Crippen molar-refractivity contribution in [2.45, 2.75) is 33.7 Å². The van der Waals surface area contributed by atoms with E-state index >= 15 is 0 Å². The van der Waals surface area contributed by atoms with Gasteiger partial charge in [-0.05, 0) is 25.5 Å². The van der Waals surface area contributed by atoms with Crippen molar-refractivity contribution in [3.63, 3.8) is 0 Å². The summed E-state index contributed by atoms with van der Waals surface area (Å²) in [4.78, 5) is 0. The van der Waals surface area contributed by atoms with Gasteiger partial charge in [0.25, 0.3) is 0 Å². The molecule has 0 aliphatic heterocycles. The molecule has 0 spiro atoms. The Bertz CT molecular complexity index is 352. The normalized spacial score (nSPS) is 12.7. The molecule has 1 atom stereocenters. The van der Waals surface area contributed by atoms with E-state index in [-0.39, 0.29) is 0 Å². The van der Waals surface area contributed by atoms with Gasteiger partial charge in [0.15, 0.2) is 0 Å². The number of benzene rings is 1. The lowest BCUT2D eigenvalue weighted by Crippen LogP contribution is -2.19. The number of nitrogens with one attached hydrogen (secondary N) is 1. The Morgan fingerprint density at radius 3 is 2.53 bits per heavy atom. The van der Waals surface area contributed by atoms with Crippen LogP contribution in [0.15, 0.2) is 24.3 Å². The third-order valence-electron chi connectivity index (χ3n) is 2.83. The third-order valence-corrected chi connectivity index (χ3v) is 2.83. The lowest BCUT2D eigenvalue weighted by Gasteiger charge is -2.17. The average Bonchev–Trinajstić information content (AvgIpc) is 2.38. The minimum Gasteiger partial charge on any atom is -0.491 e. The number of hydrogen-bond donors (Lipinski definition) is 1. The molecule has 0 radical (unpaired) electrons. The van der Waals surface area contributed by atoms with Crippen LogP contribution in [0.5, 0.6) is 5.75 Å². The molecule has 3 heteroatoms. The molecule has 1 aromatic rings. The summed E-state index contributed by atoms with van der Waals surface area (Å²) >= 11 is 0. The first-order valence-corrected chi connectivity index (χ1v) is 7.18. The minimum absolute atomic E-state index is 0.304. The maximum Gasteiger partial charge on any atom is 0.124 e. The lowest BCUT2D eigenvalue weighted by molar-refractivity contribution is 0.0815. The van der Waals surface area contributed by atoms with E-state index in [4.69, 9.17) is 9.47 Å². The summed E-state index contributed by atoms with van der Waals surface area (Å²) in [7, 11) is 0. The first-order valence-electron chi connectivity index (χ1n) is 7.18. The molecule has 1 aromatic carbocycles. The zero-order chi connectivity index (χ0) is 14.1. The van der Waals surface area contributed by atoms with Crippen LogP contribution in [-0.2, 0) is 4.74 Å². The Balaban J connectivity index is 2.44. The molecular weight excluding hydrogens is 238 g/mol. The molecule has 0 bridgehead atoms. The Hall–Kier alpha value is -1.06. The molecule has 0 saturated heterocycles. The van der Waals surface area contributed by atoms with Crippen molar-refractivity contribution in [1.82, 2.24) is 5.32 Å². The maximum atomic E-state index is 5.82. The molecule has 0 amide bonds. The van der Waals surface area contributed by atoms with Gasteiger partial charge in [0.2, 0.25) is 0 Å². The van der Waals surface area contributed by atoms with E-state index in [1.165, 1.54) is 5.56 Å². The molecule has 0 heterocycles. The second-order valence-corrected chi connectivity index (χ2v) is 5.13. The van der Waals surface area contributed by atoms with Crippen LogP contribution in [0.25, 0.3) is 0 Å². The highest BCUT2D eigenvalue weighted by Crippen LogP contribution is 2.24. The molecule has 1 rings (SSSR count). The summed E-state index contributed by atoms with van der Waals surface area (Å²) in [5, 5.41) is 3.41. The van der Waals surface area contributed by atoms with E-state index in [0.29, 0.717) is 25.2 Å². The quantitative estimate of drug-likeness (QED) is 0.694. The Labute approximate surface area is 117 Å². The molecule has 0 fully saturated rings. The fourth-order valence-electron chi connectivity index (χ4n) is 1.92. The van der Waals surface area contributed by atoms with Gasteiger partial charge in [0, 0.05) is 18.2 Å². The second kappa shape index (κ2) is 8.94. The topological polar surface area (TPSA) is 30.5 Å². The van der Waals surface area contributed by atoms with Crippen LogP contribution in [0.3, 0.4) is 0 Å². The number of para-hydroxylation sites is 1. The van der Waals surface area contributed by atoms with E-state index in [1.807, 2.05) is 18.2 Å². The Kier molecular flexibility index (Phi) is 7.53. The van der Waals surface area contributed by atoms with Crippen molar-refractivity contribution in [2.75, 3.05) is 26.4 Å². The van der Waals surface area contributed by atoms with Crippen LogP contribution in [0, 0.1) is 5.92 Å². The van der Waals surface area contributed by atoms with Crippen molar-refractivity contribution in [2.24, 2.45) is 5.92 Å². The van der Waals surface area contributed by atoms with Gasteiger partial charge in [0.1, 0.15) is 12.4 Å². The maximum absolute atomic E-state index is 5.82. The average molecular weight is 265 g/mol. The zero-order valence-electron chi connectivity index (χ0n) is 12.6. The molecule has 1 N–H and O–H groups in total. The van der Waals surface area contributed by atoms with Gasteiger partial charge in [-0.15, -0.1) is 0 Å². The Morgan fingerprint density at radius 1 is 1.11 bits per heavy atom. The van der Waals surface area contributed by atoms with E-state index in [9.17, 15) is 0 Å². The van der Waals surface area contributed by atoms with Crippen molar-refractivity contribution >= 4 is 0 Å². The third kappa shape index (κ3) is 6.08. The number of rotatable bonds is 9. The number of hydrogen-bond acceptors (Lipinski definition) is 3. The summed E-state index contributed by atoms with van der Waals surface area (Å²) in [5.74, 6) is 1.52. The van der Waals surface area contributed by atoms with Gasteiger partial charge >= 0.3 is 0 Å². The van der Waals surface area contributed by atoms with Crippen LogP contribution in [0.1, 0.15) is 39.3 Å². The first-order chi connectivity index (χ1) is 9.15. The van der Waals surface area contributed by atoms with Crippen LogP contribution in [0.2, 0.25) is 0 Å². The van der Waals surface area contributed by atoms with Crippen molar-refractivity contribution < 1.29 is 9.47 Å². The predicted octanol–water partition coefficient (Wildman–Crippen LogP) is 3.41. The standard InChI is InChI=1S/C16H27NO2/c1-5-17-14(4)15-8-6-7-9-16(15)19-11-10-18-12-13(2)3/h6-9,13-14,17H,5,10-12H2,1-4H3. The van der Waals surface area contributed by atoms with Crippen LogP contribution in [0.4, 0.5) is 0 Å². The second-order valence-electron chi connectivity index (χ2n) is 5.13. The van der Waals surface area contributed by atoms with E-state index in [2.05, 4.69) is 39.1 Å². The van der Waals surface area contributed by atoms with Crippen LogP contribution < -0.4 is 10.1 Å². The molecule has 0 saturated carbocycles. The Morgan fingerprint density at radius 2 is 1.84 bits per heavy atom. The van der Waals surface area contributed by atoms with Gasteiger partial charge in [-0.25, -0.2) is 0 Å². The highest BCUT2D eigenvalue weighted by Gasteiger charge is 2.09. The van der Waals surface area contributed by atoms with Gasteiger partial charge < -0.3 is 14.8 Å². The molecule has 0 aliphatic carbocycles. The van der Waals surface area contributed by atoms with Crippen molar-refractivity contribution in [1.29, 1.82) is 0 Å². The van der Waals surface area contributed by atoms with Gasteiger partial charge in [0.05, 0.1) is 6.61 Å². The summed E-state index contributed by atoms with van der Waals surface area (Å²) < 4.78 is 11.3.